The van der Waals surface area contributed by atoms with Gasteiger partial charge in [0.15, 0.2) is 23.1 Å². The van der Waals surface area contributed by atoms with Crippen molar-refractivity contribution in [3.05, 3.63) is 89.2 Å². The van der Waals surface area contributed by atoms with E-state index < -0.39 is 0 Å². The Morgan fingerprint density at radius 1 is 0.914 bits per heavy atom. The molecular formula is C27H25N5O3. The Bertz CT molecular complexity index is 1530. The monoisotopic (exact) mass is 467 g/mol. The van der Waals surface area contributed by atoms with Gasteiger partial charge >= 0.3 is 0 Å². The second-order valence-electron chi connectivity index (χ2n) is 8.13. The second-order valence-corrected chi connectivity index (χ2v) is 8.13. The maximum Gasteiger partial charge on any atom is 0.204 e. The van der Waals surface area contributed by atoms with E-state index in [9.17, 15) is 4.79 Å². The Hall–Kier alpha value is -4.46. The zero-order valence-electron chi connectivity index (χ0n) is 19.8. The van der Waals surface area contributed by atoms with Gasteiger partial charge in [0.25, 0.3) is 0 Å². The van der Waals surface area contributed by atoms with E-state index in [1.165, 1.54) is 0 Å². The lowest BCUT2D eigenvalue weighted by Gasteiger charge is -2.12. The van der Waals surface area contributed by atoms with Gasteiger partial charge in [0.05, 0.1) is 25.3 Å². The molecule has 0 spiro atoms. The largest absolute Gasteiger partial charge is 0.493 e. The molecule has 5 aromatic rings. The molecule has 3 aromatic carbocycles. The molecule has 5 rings (SSSR count). The summed E-state index contributed by atoms with van der Waals surface area (Å²) < 4.78 is 12.6. The molecule has 176 valence electrons. The number of nitrogens with zero attached hydrogens (tertiary/aromatic N) is 4. The maximum atomic E-state index is 13.0. The molecule has 2 heterocycles. The number of hydrogen-bond donors (Lipinski definition) is 1. The molecule has 1 N–H and O–H groups in total. The fourth-order valence-corrected chi connectivity index (χ4v) is 4.15. The second kappa shape index (κ2) is 9.42. The summed E-state index contributed by atoms with van der Waals surface area (Å²) in [6.07, 6.45) is 0.754. The number of nitrogens with one attached hydrogen (secondary N) is 1. The predicted octanol–water partition coefficient (Wildman–Crippen LogP) is 4.49. The molecular weight excluding hydrogens is 442 g/mol. The SMILES string of the molecule is COc1ccc(CCNc2nc3ccc(C(=O)c4ccccc4)cc3n3c(C)nnc23)cc1OC. The van der Waals surface area contributed by atoms with Gasteiger partial charge in [-0.1, -0.05) is 36.4 Å². The third-order valence-electron chi connectivity index (χ3n) is 5.94. The molecule has 0 fully saturated rings. The van der Waals surface area contributed by atoms with E-state index in [0.717, 1.165) is 28.8 Å². The fourth-order valence-electron chi connectivity index (χ4n) is 4.15. The third kappa shape index (κ3) is 4.26. The first-order valence-electron chi connectivity index (χ1n) is 11.3. The van der Waals surface area contributed by atoms with Crippen molar-refractivity contribution in [2.24, 2.45) is 0 Å². The molecule has 0 aliphatic heterocycles. The summed E-state index contributed by atoms with van der Waals surface area (Å²) in [5, 5.41) is 12.0. The summed E-state index contributed by atoms with van der Waals surface area (Å²) in [7, 11) is 3.25. The van der Waals surface area contributed by atoms with E-state index in [4.69, 9.17) is 14.5 Å². The molecule has 0 radical (unpaired) electrons. The van der Waals surface area contributed by atoms with Gasteiger partial charge in [0.2, 0.25) is 5.65 Å². The number of rotatable bonds is 8. The van der Waals surface area contributed by atoms with Crippen LogP contribution in [0.3, 0.4) is 0 Å². The molecule has 0 aliphatic carbocycles. The van der Waals surface area contributed by atoms with E-state index in [0.29, 0.717) is 40.6 Å². The number of aromatic nitrogens is 4. The average molecular weight is 468 g/mol. The fraction of sp³-hybridized carbons (Fsp3) is 0.185. The third-order valence-corrected chi connectivity index (χ3v) is 5.94. The van der Waals surface area contributed by atoms with Crippen LogP contribution in [0.4, 0.5) is 5.82 Å². The topological polar surface area (TPSA) is 90.6 Å². The summed E-state index contributed by atoms with van der Waals surface area (Å²) in [4.78, 5) is 17.8. The zero-order valence-corrected chi connectivity index (χ0v) is 19.8. The average Bonchev–Trinajstić information content (AvgIpc) is 3.30. The molecule has 0 aliphatic rings. The van der Waals surface area contributed by atoms with Crippen LogP contribution in [0.15, 0.2) is 66.7 Å². The van der Waals surface area contributed by atoms with E-state index >= 15 is 0 Å². The van der Waals surface area contributed by atoms with Crippen molar-refractivity contribution in [2.45, 2.75) is 13.3 Å². The first-order valence-corrected chi connectivity index (χ1v) is 11.3. The van der Waals surface area contributed by atoms with Crippen LogP contribution < -0.4 is 14.8 Å². The highest BCUT2D eigenvalue weighted by atomic mass is 16.5. The molecule has 0 saturated heterocycles. The van der Waals surface area contributed by atoms with Gasteiger partial charge in [-0.05, 0) is 49.2 Å². The molecule has 8 heteroatoms. The Morgan fingerprint density at radius 2 is 1.71 bits per heavy atom. The van der Waals surface area contributed by atoms with Gasteiger partial charge in [-0.25, -0.2) is 4.98 Å². The molecule has 0 amide bonds. The van der Waals surface area contributed by atoms with Crippen molar-refractivity contribution in [3.63, 3.8) is 0 Å². The molecule has 0 bridgehead atoms. The van der Waals surface area contributed by atoms with Crippen LogP contribution in [0.25, 0.3) is 16.7 Å². The normalized spacial score (nSPS) is 11.1. The molecule has 0 unspecified atom stereocenters. The lowest BCUT2D eigenvalue weighted by Crippen LogP contribution is -2.09. The van der Waals surface area contributed by atoms with Gasteiger partial charge in [0.1, 0.15) is 5.82 Å². The summed E-state index contributed by atoms with van der Waals surface area (Å²) >= 11 is 0. The predicted molar refractivity (Wildman–Crippen MR) is 135 cm³/mol. The highest BCUT2D eigenvalue weighted by Crippen LogP contribution is 2.28. The summed E-state index contributed by atoms with van der Waals surface area (Å²) in [6, 6.07) is 20.7. The molecule has 0 atom stereocenters. The van der Waals surface area contributed by atoms with Crippen LogP contribution in [0.5, 0.6) is 11.5 Å². The van der Waals surface area contributed by atoms with Crippen LogP contribution >= 0.6 is 0 Å². The number of ketones is 1. The minimum atomic E-state index is -0.0384. The lowest BCUT2D eigenvalue weighted by atomic mass is 10.0. The van der Waals surface area contributed by atoms with Gasteiger partial charge in [-0.3, -0.25) is 9.20 Å². The standard InChI is InChI=1S/C27H25N5O3/c1-17-30-31-27-26(28-14-13-18-9-12-23(34-2)24(15-18)35-3)29-21-11-10-20(16-22(21)32(17)27)25(33)19-7-5-4-6-8-19/h4-12,15-16H,13-14H2,1-3H3,(H,28,29). The van der Waals surface area contributed by atoms with Crippen molar-refractivity contribution in [1.29, 1.82) is 0 Å². The summed E-state index contributed by atoms with van der Waals surface area (Å²) in [5.41, 5.74) is 4.49. The zero-order chi connectivity index (χ0) is 24.4. The van der Waals surface area contributed by atoms with Crippen LogP contribution in [-0.4, -0.2) is 46.1 Å². The van der Waals surface area contributed by atoms with Gasteiger partial charge in [-0.15, -0.1) is 10.2 Å². The molecule has 8 nitrogen and oxygen atoms in total. The Labute approximate surface area is 202 Å². The summed E-state index contributed by atoms with van der Waals surface area (Å²) in [6.45, 7) is 2.53. The minimum Gasteiger partial charge on any atom is -0.493 e. The first-order chi connectivity index (χ1) is 17.1. The molecule has 0 saturated carbocycles. The quantitative estimate of drug-likeness (QED) is 0.336. The van der Waals surface area contributed by atoms with Crippen molar-refractivity contribution in [2.75, 3.05) is 26.1 Å². The maximum absolute atomic E-state index is 13.0. The van der Waals surface area contributed by atoms with Crippen LogP contribution in [-0.2, 0) is 6.42 Å². The van der Waals surface area contributed by atoms with E-state index in [2.05, 4.69) is 15.5 Å². The Morgan fingerprint density at radius 3 is 2.49 bits per heavy atom. The van der Waals surface area contributed by atoms with Crippen molar-refractivity contribution in [3.8, 4) is 11.5 Å². The van der Waals surface area contributed by atoms with Crippen molar-refractivity contribution in [1.82, 2.24) is 19.6 Å². The number of methoxy groups -OCH3 is 2. The van der Waals surface area contributed by atoms with Crippen molar-refractivity contribution < 1.29 is 14.3 Å². The van der Waals surface area contributed by atoms with E-state index in [-0.39, 0.29) is 5.78 Å². The highest BCUT2D eigenvalue weighted by molar-refractivity contribution is 6.10. The smallest absolute Gasteiger partial charge is 0.204 e. The number of carbonyl (C=O) groups is 1. The van der Waals surface area contributed by atoms with Crippen LogP contribution in [0, 0.1) is 6.92 Å². The highest BCUT2D eigenvalue weighted by Gasteiger charge is 2.16. The molecule has 2 aromatic heterocycles. The lowest BCUT2D eigenvalue weighted by molar-refractivity contribution is 0.103. The number of carbonyl (C=O) groups excluding carboxylic acids is 1. The number of hydrogen-bond acceptors (Lipinski definition) is 7. The van der Waals surface area contributed by atoms with Crippen LogP contribution in [0.2, 0.25) is 0 Å². The Kier molecular flexibility index (Phi) is 6.01. The van der Waals surface area contributed by atoms with Gasteiger partial charge in [-0.2, -0.15) is 0 Å². The van der Waals surface area contributed by atoms with E-state index in [1.807, 2.05) is 78.1 Å². The van der Waals surface area contributed by atoms with Gasteiger partial charge in [0, 0.05) is 17.7 Å². The van der Waals surface area contributed by atoms with E-state index in [1.54, 1.807) is 14.2 Å². The molecule has 35 heavy (non-hydrogen) atoms. The number of fused-ring (bicyclic) bond motifs is 3. The number of aryl methyl sites for hydroxylation is 1. The minimum absolute atomic E-state index is 0.0384. The number of benzene rings is 3. The number of anilines is 1. The van der Waals surface area contributed by atoms with Crippen LogP contribution in [0.1, 0.15) is 27.3 Å². The van der Waals surface area contributed by atoms with Gasteiger partial charge < -0.3 is 14.8 Å². The number of ether oxygens (including phenoxy) is 2. The van der Waals surface area contributed by atoms with Crippen molar-refractivity contribution >= 4 is 28.3 Å². The summed E-state index contributed by atoms with van der Waals surface area (Å²) in [5.74, 6) is 2.72. The first kappa shape index (κ1) is 22.3. The Balaban J connectivity index is 1.44.